The predicted molar refractivity (Wildman–Crippen MR) is 111 cm³/mol. The van der Waals surface area contributed by atoms with Crippen LogP contribution in [0, 0.1) is 0 Å². The van der Waals surface area contributed by atoms with E-state index in [9.17, 15) is 0 Å². The summed E-state index contributed by atoms with van der Waals surface area (Å²) in [7, 11) is 0. The van der Waals surface area contributed by atoms with Crippen molar-refractivity contribution in [3.63, 3.8) is 0 Å². The zero-order chi connectivity index (χ0) is 17.7. The van der Waals surface area contributed by atoms with E-state index in [2.05, 4.69) is 56.9 Å². The quantitative estimate of drug-likeness (QED) is 0.358. The number of likely N-dealkylation sites (N-methyl/N-ethyl adjacent to an activating group) is 1. The van der Waals surface area contributed by atoms with Gasteiger partial charge in [0, 0.05) is 38.1 Å². The molecule has 1 heterocycles. The minimum atomic E-state index is 0.844. The average molecular weight is 411 g/mol. The lowest BCUT2D eigenvalue weighted by molar-refractivity contribution is 0.132. The van der Waals surface area contributed by atoms with Crippen molar-refractivity contribution in [1.29, 1.82) is 0 Å². The monoisotopic (exact) mass is 410 g/mol. The summed E-state index contributed by atoms with van der Waals surface area (Å²) in [5, 5.41) is 1.14. The molecule has 0 bridgehead atoms. The predicted octanol–water partition coefficient (Wildman–Crippen LogP) is 4.94. The van der Waals surface area contributed by atoms with Crippen LogP contribution in [0.15, 0.2) is 24.3 Å². The summed E-state index contributed by atoms with van der Waals surface area (Å²) in [5.41, 5.74) is 1.39. The normalized spacial score (nSPS) is 16.2. The number of unbranched alkanes of at least 4 members (excludes halogenated alkanes) is 5. The number of alkyl halides is 1. The maximum atomic E-state index is 5.88. The number of benzene rings is 1. The van der Waals surface area contributed by atoms with Crippen LogP contribution in [0.1, 0.15) is 51.0 Å². The van der Waals surface area contributed by atoms with Crippen molar-refractivity contribution in [2.75, 3.05) is 44.7 Å². The fraction of sp³-hybridized carbons (Fsp3) is 0.714. The Morgan fingerprint density at radius 2 is 1.44 bits per heavy atom. The summed E-state index contributed by atoms with van der Waals surface area (Å²) in [6.07, 6.45) is 7.79. The Balaban J connectivity index is 1.57. The lowest BCUT2D eigenvalue weighted by Gasteiger charge is -2.34. The number of rotatable bonds is 12. The van der Waals surface area contributed by atoms with Gasteiger partial charge in [-0.3, -0.25) is 4.90 Å². The molecule has 1 aromatic rings. The molecule has 25 heavy (non-hydrogen) atoms. The molecule has 1 fully saturated rings. The summed E-state index contributed by atoms with van der Waals surface area (Å²) in [6.45, 7) is 10.1. The third-order valence-electron chi connectivity index (χ3n) is 5.04. The molecule has 4 heteroatoms. The number of nitrogens with zero attached hydrogens (tertiary/aromatic N) is 2. The SMILES string of the molecule is CCN1CCN(Cc2ccc(OCCCCCCCCBr)cc2)CC1. The standard InChI is InChI=1S/C21H35BrN2O/c1-2-23-14-16-24(17-15-23)19-20-9-11-21(12-10-20)25-18-8-6-4-3-5-7-13-22/h9-12H,2-8,13-19H2,1H3. The fourth-order valence-electron chi connectivity index (χ4n) is 3.31. The van der Waals surface area contributed by atoms with Gasteiger partial charge in [0.15, 0.2) is 0 Å². The van der Waals surface area contributed by atoms with Gasteiger partial charge >= 0.3 is 0 Å². The molecule has 142 valence electrons. The van der Waals surface area contributed by atoms with Crippen LogP contribution < -0.4 is 4.74 Å². The highest BCUT2D eigenvalue weighted by molar-refractivity contribution is 9.09. The van der Waals surface area contributed by atoms with E-state index >= 15 is 0 Å². The van der Waals surface area contributed by atoms with Crippen LogP contribution in [0.25, 0.3) is 0 Å². The second-order valence-corrected chi connectivity index (χ2v) is 7.81. The number of hydrogen-bond acceptors (Lipinski definition) is 3. The minimum absolute atomic E-state index is 0.844. The van der Waals surface area contributed by atoms with Crippen molar-refractivity contribution in [3.05, 3.63) is 29.8 Å². The lowest BCUT2D eigenvalue weighted by Crippen LogP contribution is -2.45. The number of piperazine rings is 1. The molecule has 0 spiro atoms. The summed E-state index contributed by atoms with van der Waals surface area (Å²) in [4.78, 5) is 5.08. The van der Waals surface area contributed by atoms with E-state index < -0.39 is 0 Å². The summed E-state index contributed by atoms with van der Waals surface area (Å²) < 4.78 is 5.88. The van der Waals surface area contributed by atoms with Crippen molar-refractivity contribution < 1.29 is 4.74 Å². The largest absolute Gasteiger partial charge is 0.494 e. The second kappa shape index (κ2) is 12.7. The van der Waals surface area contributed by atoms with Gasteiger partial charge in [0.25, 0.3) is 0 Å². The number of ether oxygens (including phenoxy) is 1. The van der Waals surface area contributed by atoms with Crippen LogP contribution in [0.3, 0.4) is 0 Å². The van der Waals surface area contributed by atoms with Crippen molar-refractivity contribution in [3.8, 4) is 5.75 Å². The molecular weight excluding hydrogens is 376 g/mol. The Morgan fingerprint density at radius 3 is 2.08 bits per heavy atom. The molecule has 0 N–H and O–H groups in total. The van der Waals surface area contributed by atoms with E-state index in [1.165, 1.54) is 70.4 Å². The van der Waals surface area contributed by atoms with E-state index in [4.69, 9.17) is 4.74 Å². The zero-order valence-electron chi connectivity index (χ0n) is 15.9. The number of hydrogen-bond donors (Lipinski definition) is 0. The highest BCUT2D eigenvalue weighted by atomic mass is 79.9. The van der Waals surface area contributed by atoms with Crippen LogP contribution in [0.4, 0.5) is 0 Å². The fourth-order valence-corrected chi connectivity index (χ4v) is 3.70. The molecule has 0 radical (unpaired) electrons. The Morgan fingerprint density at radius 1 is 0.840 bits per heavy atom. The molecule has 1 aromatic carbocycles. The van der Waals surface area contributed by atoms with Crippen molar-refractivity contribution in [2.45, 2.75) is 52.0 Å². The Labute approximate surface area is 162 Å². The molecule has 0 amide bonds. The molecule has 1 saturated heterocycles. The first-order valence-electron chi connectivity index (χ1n) is 10.0. The molecule has 3 nitrogen and oxygen atoms in total. The molecular formula is C21H35BrN2O. The van der Waals surface area contributed by atoms with Gasteiger partial charge < -0.3 is 9.64 Å². The highest BCUT2D eigenvalue weighted by Gasteiger charge is 2.15. The number of halogens is 1. The van der Waals surface area contributed by atoms with E-state index in [-0.39, 0.29) is 0 Å². The molecule has 1 aliphatic rings. The van der Waals surface area contributed by atoms with E-state index in [1.807, 2.05) is 0 Å². The molecule has 1 aliphatic heterocycles. The van der Waals surface area contributed by atoms with E-state index in [0.717, 1.165) is 30.7 Å². The molecule has 0 unspecified atom stereocenters. The molecule has 0 aliphatic carbocycles. The first-order chi connectivity index (χ1) is 12.3. The minimum Gasteiger partial charge on any atom is -0.494 e. The van der Waals surface area contributed by atoms with Gasteiger partial charge in [-0.15, -0.1) is 0 Å². The van der Waals surface area contributed by atoms with Crippen LogP contribution >= 0.6 is 15.9 Å². The van der Waals surface area contributed by atoms with Crippen molar-refractivity contribution in [2.24, 2.45) is 0 Å². The zero-order valence-corrected chi connectivity index (χ0v) is 17.5. The first kappa shape index (κ1) is 20.7. The van der Waals surface area contributed by atoms with Gasteiger partial charge in [-0.2, -0.15) is 0 Å². The van der Waals surface area contributed by atoms with Crippen LogP contribution in [0.2, 0.25) is 0 Å². The van der Waals surface area contributed by atoms with Gasteiger partial charge in [0.2, 0.25) is 0 Å². The van der Waals surface area contributed by atoms with Gasteiger partial charge in [-0.05, 0) is 37.1 Å². The topological polar surface area (TPSA) is 15.7 Å². The Bertz CT molecular complexity index is 444. The molecule has 0 saturated carbocycles. The van der Waals surface area contributed by atoms with Gasteiger partial charge in [-0.1, -0.05) is 60.7 Å². The second-order valence-electron chi connectivity index (χ2n) is 7.01. The van der Waals surface area contributed by atoms with Gasteiger partial charge in [0.1, 0.15) is 5.75 Å². The maximum absolute atomic E-state index is 5.88. The summed E-state index contributed by atoms with van der Waals surface area (Å²) >= 11 is 3.48. The Hall–Kier alpha value is -0.580. The first-order valence-corrected chi connectivity index (χ1v) is 11.2. The molecule has 2 rings (SSSR count). The maximum Gasteiger partial charge on any atom is 0.119 e. The molecule has 0 atom stereocenters. The van der Waals surface area contributed by atoms with Crippen LogP contribution in [-0.4, -0.2) is 54.5 Å². The highest BCUT2D eigenvalue weighted by Crippen LogP contribution is 2.15. The lowest BCUT2D eigenvalue weighted by atomic mass is 10.1. The molecule has 0 aromatic heterocycles. The third-order valence-corrected chi connectivity index (χ3v) is 5.60. The third kappa shape index (κ3) is 8.57. The van der Waals surface area contributed by atoms with Crippen molar-refractivity contribution >= 4 is 15.9 Å². The smallest absolute Gasteiger partial charge is 0.119 e. The Kier molecular flexibility index (Phi) is 10.5. The van der Waals surface area contributed by atoms with Crippen molar-refractivity contribution in [1.82, 2.24) is 9.80 Å². The van der Waals surface area contributed by atoms with E-state index in [1.54, 1.807) is 0 Å². The summed E-state index contributed by atoms with van der Waals surface area (Å²) in [6, 6.07) is 8.71. The van der Waals surface area contributed by atoms with Gasteiger partial charge in [-0.25, -0.2) is 0 Å². The van der Waals surface area contributed by atoms with Gasteiger partial charge in [0.05, 0.1) is 6.61 Å². The summed E-state index contributed by atoms with van der Waals surface area (Å²) in [5.74, 6) is 1.01. The van der Waals surface area contributed by atoms with Crippen LogP contribution in [0.5, 0.6) is 5.75 Å². The van der Waals surface area contributed by atoms with Crippen LogP contribution in [-0.2, 0) is 6.54 Å². The average Bonchev–Trinajstić information content (AvgIpc) is 2.66. The van der Waals surface area contributed by atoms with E-state index in [0.29, 0.717) is 0 Å².